The highest BCUT2D eigenvalue weighted by atomic mass is 16.7. The number of nitrogens with zero attached hydrogens (tertiary/aromatic N) is 2. The number of pyridine rings is 1. The molecule has 1 atom stereocenters. The lowest BCUT2D eigenvalue weighted by Crippen LogP contribution is -2.20. The Balaban J connectivity index is 2.27. The third kappa shape index (κ3) is 9.45. The molecule has 134 valence electrons. The number of hydrogen-bond acceptors (Lipinski definition) is 5. The van der Waals surface area contributed by atoms with Gasteiger partial charge in [0.1, 0.15) is 12.5 Å². The van der Waals surface area contributed by atoms with E-state index in [9.17, 15) is 0 Å². The Kier molecular flexibility index (Phi) is 10.8. The second-order valence-electron chi connectivity index (χ2n) is 5.69. The van der Waals surface area contributed by atoms with Gasteiger partial charge in [-0.1, -0.05) is 44.2 Å². The highest BCUT2D eigenvalue weighted by Gasteiger charge is 2.01. The highest BCUT2D eigenvalue weighted by Crippen LogP contribution is 2.06. The van der Waals surface area contributed by atoms with Crippen LogP contribution in [0, 0.1) is 5.92 Å². The van der Waals surface area contributed by atoms with Crippen molar-refractivity contribution in [1.82, 2.24) is 10.0 Å². The maximum absolute atomic E-state index is 5.66. The highest BCUT2D eigenvalue weighted by molar-refractivity contribution is 5.34. The molecule has 0 radical (unpaired) electrons. The van der Waals surface area contributed by atoms with Crippen molar-refractivity contribution in [2.24, 2.45) is 5.92 Å². The molecule has 1 aromatic rings. The van der Waals surface area contributed by atoms with Gasteiger partial charge in [0.2, 0.25) is 0 Å². The molecule has 0 amide bonds. The molecule has 0 fully saturated rings. The van der Waals surface area contributed by atoms with Gasteiger partial charge < -0.3 is 14.9 Å². The van der Waals surface area contributed by atoms with Crippen LogP contribution in [0.15, 0.2) is 42.5 Å². The van der Waals surface area contributed by atoms with Gasteiger partial charge in [-0.2, -0.15) is 5.06 Å². The fourth-order valence-corrected chi connectivity index (χ4v) is 1.97. The first-order valence-electron chi connectivity index (χ1n) is 8.51. The maximum Gasteiger partial charge on any atom is 0.127 e. The molecule has 0 aliphatic heterocycles. The summed E-state index contributed by atoms with van der Waals surface area (Å²) >= 11 is 0. The molecule has 5 nitrogen and oxygen atoms in total. The van der Waals surface area contributed by atoms with Crippen molar-refractivity contribution in [3.8, 4) is 0 Å². The topological polar surface area (TPSA) is 46.6 Å². The zero-order valence-corrected chi connectivity index (χ0v) is 15.4. The van der Waals surface area contributed by atoms with E-state index < -0.39 is 0 Å². The number of likely N-dealkylation sites (N-methyl/N-ethyl adjacent to an activating group) is 1. The minimum Gasteiger partial charge on any atom is -0.361 e. The van der Waals surface area contributed by atoms with Gasteiger partial charge in [0.25, 0.3) is 0 Å². The Morgan fingerprint density at radius 1 is 1.33 bits per heavy atom. The summed E-state index contributed by atoms with van der Waals surface area (Å²) < 4.78 is 5.66. The van der Waals surface area contributed by atoms with Gasteiger partial charge in [-0.25, -0.2) is 4.98 Å². The van der Waals surface area contributed by atoms with Crippen LogP contribution in [0.1, 0.15) is 26.0 Å². The number of allylic oxidation sites excluding steroid dienone is 3. The summed E-state index contributed by atoms with van der Waals surface area (Å²) in [4.78, 5) is 9.67. The van der Waals surface area contributed by atoms with Gasteiger partial charge >= 0.3 is 0 Å². The third-order valence-corrected chi connectivity index (χ3v) is 3.46. The molecule has 5 heteroatoms. The molecule has 24 heavy (non-hydrogen) atoms. The van der Waals surface area contributed by atoms with Crippen LogP contribution < -0.4 is 5.32 Å². The minimum atomic E-state index is 0.386. The van der Waals surface area contributed by atoms with E-state index >= 15 is 0 Å². The van der Waals surface area contributed by atoms with E-state index in [1.54, 1.807) is 12.2 Å². The number of aromatic nitrogens is 1. The predicted octanol–water partition coefficient (Wildman–Crippen LogP) is 3.66. The van der Waals surface area contributed by atoms with Crippen LogP contribution in [0.4, 0.5) is 5.82 Å². The Labute approximate surface area is 146 Å². The lowest BCUT2D eigenvalue weighted by molar-refractivity contribution is -0.108. The van der Waals surface area contributed by atoms with Gasteiger partial charge in [0, 0.05) is 25.7 Å². The summed E-state index contributed by atoms with van der Waals surface area (Å²) in [6.07, 6.45) is 10.3. The number of rotatable bonds is 12. The van der Waals surface area contributed by atoms with Crippen LogP contribution >= 0.6 is 0 Å². The van der Waals surface area contributed by atoms with Crippen LogP contribution in [0.3, 0.4) is 0 Å². The maximum atomic E-state index is 5.66. The zero-order chi connectivity index (χ0) is 17.6. The Morgan fingerprint density at radius 3 is 2.92 bits per heavy atom. The van der Waals surface area contributed by atoms with Crippen molar-refractivity contribution < 1.29 is 9.57 Å². The van der Waals surface area contributed by atoms with Gasteiger partial charge in [0.15, 0.2) is 0 Å². The average Bonchev–Trinajstić information content (AvgIpc) is 2.60. The minimum absolute atomic E-state index is 0.386. The fraction of sp³-hybridized carbons (Fsp3) is 0.526. The van der Waals surface area contributed by atoms with Crippen LogP contribution in [0.25, 0.3) is 0 Å². The molecule has 0 bridgehead atoms. The number of hydrogen-bond donors (Lipinski definition) is 1. The molecule has 0 aromatic carbocycles. The third-order valence-electron chi connectivity index (χ3n) is 3.46. The van der Waals surface area contributed by atoms with Gasteiger partial charge in [-0.15, -0.1) is 0 Å². The first kappa shape index (κ1) is 20.4. The van der Waals surface area contributed by atoms with Crippen LogP contribution in [0.5, 0.6) is 0 Å². The van der Waals surface area contributed by atoms with Gasteiger partial charge in [-0.3, -0.25) is 0 Å². The van der Waals surface area contributed by atoms with Crippen molar-refractivity contribution in [1.29, 1.82) is 0 Å². The lowest BCUT2D eigenvalue weighted by atomic mass is 10.2. The first-order valence-corrected chi connectivity index (χ1v) is 8.51. The summed E-state index contributed by atoms with van der Waals surface area (Å²) in [6, 6.07) is 5.97. The summed E-state index contributed by atoms with van der Waals surface area (Å²) in [6.45, 7) is 6.21. The molecule has 0 aliphatic carbocycles. The van der Waals surface area contributed by atoms with Crippen molar-refractivity contribution in [2.75, 3.05) is 39.4 Å². The van der Waals surface area contributed by atoms with E-state index in [0.29, 0.717) is 19.3 Å². The summed E-state index contributed by atoms with van der Waals surface area (Å²) in [5.74, 6) is 1.22. The Morgan fingerprint density at radius 2 is 2.17 bits per heavy atom. The normalized spacial score (nSPS) is 13.2. The molecule has 0 saturated carbocycles. The Bertz CT molecular complexity index is 503. The molecule has 1 heterocycles. The van der Waals surface area contributed by atoms with Crippen molar-refractivity contribution in [3.05, 3.63) is 48.2 Å². The number of ether oxygens (including phenoxy) is 1. The first-order chi connectivity index (χ1) is 11.7. The van der Waals surface area contributed by atoms with E-state index in [0.717, 1.165) is 30.9 Å². The van der Waals surface area contributed by atoms with E-state index in [1.165, 1.54) is 0 Å². The molecule has 1 rings (SSSR count). The van der Waals surface area contributed by atoms with Crippen molar-refractivity contribution >= 4 is 5.82 Å². The molecule has 1 N–H and O–H groups in total. The lowest BCUT2D eigenvalue weighted by Gasteiger charge is -2.13. The quantitative estimate of drug-likeness (QED) is 0.274. The number of hydroxylamine groups is 2. The van der Waals surface area contributed by atoms with E-state index in [4.69, 9.17) is 9.57 Å². The van der Waals surface area contributed by atoms with E-state index in [2.05, 4.69) is 48.5 Å². The monoisotopic (exact) mass is 333 g/mol. The summed E-state index contributed by atoms with van der Waals surface area (Å²) in [5.41, 5.74) is 1.03. The molecule has 1 unspecified atom stereocenters. The zero-order valence-electron chi connectivity index (χ0n) is 15.4. The van der Waals surface area contributed by atoms with Crippen LogP contribution in [0.2, 0.25) is 0 Å². The van der Waals surface area contributed by atoms with Gasteiger partial charge in [0.05, 0.1) is 13.7 Å². The van der Waals surface area contributed by atoms with Crippen molar-refractivity contribution in [3.63, 3.8) is 0 Å². The SMILES string of the molecule is CC/C=C\C=C/C(C)COCNc1cccc(CCN(C)OC)n1. The second kappa shape index (κ2) is 12.7. The standard InChI is InChI=1S/C19H31N3O2/c1-5-6-7-8-10-17(2)15-24-16-20-19-12-9-11-18(21-19)13-14-22(3)23-4/h6-12,17H,5,13-16H2,1-4H3,(H,20,21)/b7-6-,10-8-. The molecule has 0 aliphatic rings. The molecule has 1 aromatic heterocycles. The molecular weight excluding hydrogens is 302 g/mol. The molecular formula is C19H31N3O2. The smallest absolute Gasteiger partial charge is 0.127 e. The second-order valence-corrected chi connectivity index (χ2v) is 5.69. The van der Waals surface area contributed by atoms with Gasteiger partial charge in [-0.05, 0) is 24.5 Å². The van der Waals surface area contributed by atoms with E-state index in [-0.39, 0.29) is 0 Å². The Hall–Kier alpha value is -1.69. The number of nitrogens with one attached hydrogen (secondary N) is 1. The van der Waals surface area contributed by atoms with E-state index in [1.807, 2.05) is 25.2 Å². The fourth-order valence-electron chi connectivity index (χ4n) is 1.97. The van der Waals surface area contributed by atoms with Crippen LogP contribution in [-0.2, 0) is 16.0 Å². The summed E-state index contributed by atoms with van der Waals surface area (Å²) in [5, 5.41) is 4.99. The summed E-state index contributed by atoms with van der Waals surface area (Å²) in [7, 11) is 3.57. The van der Waals surface area contributed by atoms with Crippen molar-refractivity contribution in [2.45, 2.75) is 26.7 Å². The number of anilines is 1. The van der Waals surface area contributed by atoms with Crippen LogP contribution in [-0.4, -0.2) is 44.1 Å². The predicted molar refractivity (Wildman–Crippen MR) is 99.8 cm³/mol. The average molecular weight is 333 g/mol. The largest absolute Gasteiger partial charge is 0.361 e. The molecule has 0 spiro atoms. The molecule has 0 saturated heterocycles.